The highest BCUT2D eigenvalue weighted by Gasteiger charge is 2.05. The number of nitriles is 1. The standard InChI is InChI=1S/C17H11ClN2/c18-13-4-3-5-14(10-13)20-17-9-8-12(11-19)15-6-1-2-7-16(15)17/h1-10,20H. The van der Waals surface area contributed by atoms with Gasteiger partial charge in [-0.05, 0) is 30.3 Å². The molecule has 0 spiro atoms. The van der Waals surface area contributed by atoms with Crippen molar-refractivity contribution in [2.24, 2.45) is 0 Å². The molecule has 0 bridgehead atoms. The molecule has 0 radical (unpaired) electrons. The van der Waals surface area contributed by atoms with Crippen molar-refractivity contribution < 1.29 is 0 Å². The molecule has 3 heteroatoms. The molecule has 0 amide bonds. The molecule has 0 atom stereocenters. The molecular weight excluding hydrogens is 268 g/mol. The Hall–Kier alpha value is -2.50. The van der Waals surface area contributed by atoms with Crippen molar-refractivity contribution in [3.8, 4) is 6.07 Å². The van der Waals surface area contributed by atoms with Crippen LogP contribution in [0.1, 0.15) is 5.56 Å². The molecule has 0 aliphatic carbocycles. The lowest BCUT2D eigenvalue weighted by Crippen LogP contribution is -1.92. The topological polar surface area (TPSA) is 35.8 Å². The zero-order valence-corrected chi connectivity index (χ0v) is 11.4. The summed E-state index contributed by atoms with van der Waals surface area (Å²) >= 11 is 5.99. The van der Waals surface area contributed by atoms with Gasteiger partial charge in [-0.15, -0.1) is 0 Å². The molecule has 3 aromatic rings. The van der Waals surface area contributed by atoms with Crippen LogP contribution < -0.4 is 5.32 Å². The Bertz CT molecular complexity index is 819. The number of nitrogens with one attached hydrogen (secondary N) is 1. The molecule has 0 saturated carbocycles. The molecule has 96 valence electrons. The second-order valence-electron chi connectivity index (χ2n) is 4.45. The summed E-state index contributed by atoms with van der Waals surface area (Å²) < 4.78 is 0. The smallest absolute Gasteiger partial charge is 0.0998 e. The van der Waals surface area contributed by atoms with Gasteiger partial charge in [-0.1, -0.05) is 41.9 Å². The van der Waals surface area contributed by atoms with Crippen LogP contribution in [-0.4, -0.2) is 0 Å². The average Bonchev–Trinajstić information content (AvgIpc) is 2.48. The number of fused-ring (bicyclic) bond motifs is 1. The highest BCUT2D eigenvalue weighted by Crippen LogP contribution is 2.29. The first-order valence-corrected chi connectivity index (χ1v) is 6.60. The van der Waals surface area contributed by atoms with Crippen LogP contribution in [0, 0.1) is 11.3 Å². The molecule has 20 heavy (non-hydrogen) atoms. The number of nitrogens with zero attached hydrogens (tertiary/aromatic N) is 1. The van der Waals surface area contributed by atoms with Crippen molar-refractivity contribution in [1.29, 1.82) is 5.26 Å². The zero-order chi connectivity index (χ0) is 13.9. The van der Waals surface area contributed by atoms with E-state index < -0.39 is 0 Å². The van der Waals surface area contributed by atoms with Crippen LogP contribution in [0.5, 0.6) is 0 Å². The summed E-state index contributed by atoms with van der Waals surface area (Å²) in [5.74, 6) is 0. The maximum Gasteiger partial charge on any atom is 0.0998 e. The normalized spacial score (nSPS) is 10.2. The van der Waals surface area contributed by atoms with E-state index in [-0.39, 0.29) is 0 Å². The molecule has 0 aromatic heterocycles. The van der Waals surface area contributed by atoms with E-state index >= 15 is 0 Å². The Morgan fingerprint density at radius 2 is 1.70 bits per heavy atom. The predicted octanol–water partition coefficient (Wildman–Crippen LogP) is 5.11. The molecule has 3 aromatic carbocycles. The second-order valence-corrected chi connectivity index (χ2v) is 4.89. The fraction of sp³-hybridized carbons (Fsp3) is 0. The molecule has 0 saturated heterocycles. The minimum absolute atomic E-state index is 0.678. The highest BCUT2D eigenvalue weighted by molar-refractivity contribution is 6.30. The first-order valence-electron chi connectivity index (χ1n) is 6.22. The van der Waals surface area contributed by atoms with E-state index in [1.165, 1.54) is 0 Å². The van der Waals surface area contributed by atoms with Gasteiger partial charge < -0.3 is 5.32 Å². The summed E-state index contributed by atoms with van der Waals surface area (Å²) in [6.07, 6.45) is 0. The van der Waals surface area contributed by atoms with Gasteiger partial charge in [-0.2, -0.15) is 5.26 Å². The minimum Gasteiger partial charge on any atom is -0.355 e. The van der Waals surface area contributed by atoms with Crippen molar-refractivity contribution in [3.05, 3.63) is 71.2 Å². The Kier molecular flexibility index (Phi) is 3.28. The fourth-order valence-corrected chi connectivity index (χ4v) is 2.42. The lowest BCUT2D eigenvalue weighted by molar-refractivity contribution is 1.50. The molecule has 3 rings (SSSR count). The number of halogens is 1. The van der Waals surface area contributed by atoms with Crippen molar-refractivity contribution >= 4 is 33.7 Å². The number of anilines is 2. The minimum atomic E-state index is 0.678. The molecular formula is C17H11ClN2. The van der Waals surface area contributed by atoms with Crippen molar-refractivity contribution in [1.82, 2.24) is 0 Å². The Labute approximate surface area is 122 Å². The maximum atomic E-state index is 9.16. The Morgan fingerprint density at radius 3 is 2.45 bits per heavy atom. The van der Waals surface area contributed by atoms with E-state index in [4.69, 9.17) is 16.9 Å². The van der Waals surface area contributed by atoms with Gasteiger partial charge in [0.1, 0.15) is 0 Å². The van der Waals surface area contributed by atoms with E-state index in [0.29, 0.717) is 10.6 Å². The maximum absolute atomic E-state index is 9.16. The summed E-state index contributed by atoms with van der Waals surface area (Å²) in [4.78, 5) is 0. The highest BCUT2D eigenvalue weighted by atomic mass is 35.5. The first kappa shape index (κ1) is 12.5. The van der Waals surface area contributed by atoms with Crippen molar-refractivity contribution in [3.63, 3.8) is 0 Å². The molecule has 2 nitrogen and oxygen atoms in total. The van der Waals surface area contributed by atoms with E-state index in [0.717, 1.165) is 22.1 Å². The Balaban J connectivity index is 2.11. The lowest BCUT2D eigenvalue weighted by atomic mass is 10.0. The van der Waals surface area contributed by atoms with Crippen LogP contribution in [0.3, 0.4) is 0 Å². The second kappa shape index (κ2) is 5.24. The van der Waals surface area contributed by atoms with Crippen LogP contribution in [0.25, 0.3) is 10.8 Å². The quantitative estimate of drug-likeness (QED) is 0.707. The van der Waals surface area contributed by atoms with Crippen LogP contribution in [0.2, 0.25) is 5.02 Å². The van der Waals surface area contributed by atoms with Gasteiger partial charge in [0.25, 0.3) is 0 Å². The third-order valence-electron chi connectivity index (χ3n) is 3.15. The van der Waals surface area contributed by atoms with Gasteiger partial charge in [0.05, 0.1) is 11.6 Å². The van der Waals surface area contributed by atoms with Crippen LogP contribution in [0.15, 0.2) is 60.7 Å². The monoisotopic (exact) mass is 278 g/mol. The Morgan fingerprint density at radius 1 is 0.900 bits per heavy atom. The van der Waals surface area contributed by atoms with Gasteiger partial charge in [-0.3, -0.25) is 0 Å². The summed E-state index contributed by atoms with van der Waals surface area (Å²) in [7, 11) is 0. The summed E-state index contributed by atoms with van der Waals surface area (Å²) in [6.45, 7) is 0. The van der Waals surface area contributed by atoms with Gasteiger partial charge in [0, 0.05) is 27.2 Å². The van der Waals surface area contributed by atoms with Crippen molar-refractivity contribution in [2.75, 3.05) is 5.32 Å². The SMILES string of the molecule is N#Cc1ccc(Nc2cccc(Cl)c2)c2ccccc12. The molecule has 0 aliphatic heterocycles. The summed E-state index contributed by atoms with van der Waals surface area (Å²) in [5.41, 5.74) is 2.56. The largest absolute Gasteiger partial charge is 0.355 e. The molecule has 1 N–H and O–H groups in total. The number of hydrogen-bond acceptors (Lipinski definition) is 2. The first-order chi connectivity index (χ1) is 9.78. The van der Waals surface area contributed by atoms with Crippen molar-refractivity contribution in [2.45, 2.75) is 0 Å². The number of benzene rings is 3. The van der Waals surface area contributed by atoms with E-state index in [1.807, 2.05) is 60.7 Å². The summed E-state index contributed by atoms with van der Waals surface area (Å²) in [5, 5.41) is 15.2. The van der Waals surface area contributed by atoms with Crippen LogP contribution >= 0.6 is 11.6 Å². The lowest BCUT2D eigenvalue weighted by Gasteiger charge is -2.11. The van der Waals surface area contributed by atoms with E-state index in [2.05, 4.69) is 11.4 Å². The molecule has 0 aliphatic rings. The number of hydrogen-bond donors (Lipinski definition) is 1. The van der Waals surface area contributed by atoms with Gasteiger partial charge in [0.15, 0.2) is 0 Å². The summed E-state index contributed by atoms with van der Waals surface area (Å²) in [6, 6.07) is 21.4. The van der Waals surface area contributed by atoms with Crippen LogP contribution in [0.4, 0.5) is 11.4 Å². The third-order valence-corrected chi connectivity index (χ3v) is 3.38. The van der Waals surface area contributed by atoms with Gasteiger partial charge in [-0.25, -0.2) is 0 Å². The van der Waals surface area contributed by atoms with Gasteiger partial charge >= 0.3 is 0 Å². The fourth-order valence-electron chi connectivity index (χ4n) is 2.23. The zero-order valence-electron chi connectivity index (χ0n) is 10.6. The average molecular weight is 279 g/mol. The molecule has 0 unspecified atom stereocenters. The van der Waals surface area contributed by atoms with E-state index in [1.54, 1.807) is 0 Å². The molecule has 0 fully saturated rings. The predicted molar refractivity (Wildman–Crippen MR) is 83.4 cm³/mol. The third kappa shape index (κ3) is 2.32. The van der Waals surface area contributed by atoms with Gasteiger partial charge in [0.2, 0.25) is 0 Å². The number of rotatable bonds is 2. The van der Waals surface area contributed by atoms with Crippen LogP contribution in [-0.2, 0) is 0 Å². The molecule has 0 heterocycles. The van der Waals surface area contributed by atoms with E-state index in [9.17, 15) is 0 Å².